The van der Waals surface area contributed by atoms with Gasteiger partial charge in [-0.25, -0.2) is 9.37 Å². The molecule has 2 fully saturated rings. The van der Waals surface area contributed by atoms with Crippen molar-refractivity contribution >= 4 is 28.6 Å². The molecule has 1 aliphatic heterocycles. The zero-order valence-electron chi connectivity index (χ0n) is 12.1. The molecule has 124 valence electrons. The van der Waals surface area contributed by atoms with Crippen molar-refractivity contribution in [3.8, 4) is 0 Å². The Labute approximate surface area is 135 Å². The van der Waals surface area contributed by atoms with Gasteiger partial charge in [-0.2, -0.15) is 9.97 Å². The molecular weight excluding hydrogens is 329 g/mol. The van der Waals surface area contributed by atoms with Crippen molar-refractivity contribution in [2.75, 3.05) is 11.9 Å². The zero-order chi connectivity index (χ0) is 16.4. The van der Waals surface area contributed by atoms with Crippen LogP contribution >= 0.6 is 11.6 Å². The average molecular weight is 344 g/mol. The maximum absolute atomic E-state index is 14.5. The molecule has 3 heterocycles. The summed E-state index contributed by atoms with van der Waals surface area (Å²) in [4.78, 5) is 12.4. The Morgan fingerprint density at radius 3 is 2.96 bits per heavy atom. The van der Waals surface area contributed by atoms with Crippen LogP contribution in [0.3, 0.4) is 0 Å². The lowest BCUT2D eigenvalue weighted by Gasteiger charge is -2.20. The van der Waals surface area contributed by atoms with Gasteiger partial charge >= 0.3 is 0 Å². The van der Waals surface area contributed by atoms with Gasteiger partial charge in [0.15, 0.2) is 35.0 Å². The maximum atomic E-state index is 14.5. The number of rotatable bonds is 4. The van der Waals surface area contributed by atoms with Crippen molar-refractivity contribution in [3.05, 3.63) is 11.6 Å². The molecule has 0 bridgehead atoms. The van der Waals surface area contributed by atoms with Crippen LogP contribution in [-0.2, 0) is 4.74 Å². The molecule has 0 radical (unpaired) electrons. The molecule has 2 aliphatic rings. The summed E-state index contributed by atoms with van der Waals surface area (Å²) in [6, 6.07) is 0. The van der Waals surface area contributed by atoms with Crippen molar-refractivity contribution in [1.29, 1.82) is 0 Å². The van der Waals surface area contributed by atoms with Crippen LogP contribution < -0.4 is 5.32 Å². The summed E-state index contributed by atoms with van der Waals surface area (Å²) >= 11 is 5.94. The number of alkyl halides is 1. The molecule has 2 aromatic heterocycles. The molecule has 1 saturated carbocycles. The lowest BCUT2D eigenvalue weighted by molar-refractivity contribution is -0.0610. The van der Waals surface area contributed by atoms with Crippen LogP contribution in [0.2, 0.25) is 5.28 Å². The second-order valence-electron chi connectivity index (χ2n) is 5.77. The smallest absolute Gasteiger partial charge is 0.226 e. The second kappa shape index (κ2) is 4.97. The molecule has 3 N–H and O–H groups in total. The molecule has 1 saturated heterocycles. The summed E-state index contributed by atoms with van der Waals surface area (Å²) in [6.45, 7) is 2.68. The first-order chi connectivity index (χ1) is 11.0. The Hall–Kier alpha value is -1.55. The minimum Gasteiger partial charge on any atom is -0.387 e. The third-order valence-corrected chi connectivity index (χ3v) is 4.47. The first kappa shape index (κ1) is 15.0. The summed E-state index contributed by atoms with van der Waals surface area (Å²) < 4.78 is 21.2. The molecule has 2 aromatic rings. The summed E-state index contributed by atoms with van der Waals surface area (Å²) in [7, 11) is 0. The molecule has 8 nitrogen and oxygen atoms in total. The number of hydrogen-bond donors (Lipinski definition) is 3. The monoisotopic (exact) mass is 343 g/mol. The van der Waals surface area contributed by atoms with Gasteiger partial charge in [0.25, 0.3) is 0 Å². The third-order valence-electron chi connectivity index (χ3n) is 4.30. The van der Waals surface area contributed by atoms with E-state index in [-0.39, 0.29) is 5.28 Å². The summed E-state index contributed by atoms with van der Waals surface area (Å²) in [5.41, 5.74) is -1.12. The van der Waals surface area contributed by atoms with Gasteiger partial charge < -0.3 is 20.3 Å². The summed E-state index contributed by atoms with van der Waals surface area (Å²) in [6.07, 6.45) is -2.80. The highest BCUT2D eigenvalue weighted by molar-refractivity contribution is 6.28. The van der Waals surface area contributed by atoms with Crippen LogP contribution in [0.25, 0.3) is 11.2 Å². The molecule has 10 heteroatoms. The van der Waals surface area contributed by atoms with Crippen LogP contribution in [0.5, 0.6) is 0 Å². The molecule has 1 aliphatic carbocycles. The van der Waals surface area contributed by atoms with Gasteiger partial charge in [-0.15, -0.1) is 0 Å². The number of aromatic nitrogens is 4. The highest BCUT2D eigenvalue weighted by Gasteiger charge is 2.77. The fourth-order valence-corrected chi connectivity index (χ4v) is 3.11. The van der Waals surface area contributed by atoms with Crippen molar-refractivity contribution in [2.24, 2.45) is 0 Å². The second-order valence-corrected chi connectivity index (χ2v) is 6.11. The number of nitrogens with zero attached hydrogens (tertiary/aromatic N) is 4. The fraction of sp³-hybridized carbons (Fsp3) is 0.615. The molecule has 4 rings (SSSR count). The van der Waals surface area contributed by atoms with Crippen LogP contribution in [0.15, 0.2) is 6.33 Å². The van der Waals surface area contributed by atoms with E-state index in [1.165, 1.54) is 10.9 Å². The summed E-state index contributed by atoms with van der Waals surface area (Å²) in [5, 5.41) is 22.6. The van der Waals surface area contributed by atoms with Gasteiger partial charge in [0.2, 0.25) is 5.28 Å². The van der Waals surface area contributed by atoms with Gasteiger partial charge in [-0.05, 0) is 18.0 Å². The molecule has 5 atom stereocenters. The van der Waals surface area contributed by atoms with E-state index in [0.29, 0.717) is 23.5 Å². The lowest BCUT2D eigenvalue weighted by atomic mass is 10.2. The Morgan fingerprint density at radius 1 is 1.52 bits per heavy atom. The highest BCUT2D eigenvalue weighted by atomic mass is 35.5. The minimum atomic E-state index is -1.86. The molecule has 0 amide bonds. The van der Waals surface area contributed by atoms with E-state index >= 15 is 0 Å². The van der Waals surface area contributed by atoms with Crippen molar-refractivity contribution in [2.45, 2.75) is 43.6 Å². The molecule has 23 heavy (non-hydrogen) atoms. The SMILES string of the molecule is CCCNc1nc(Cl)nc2c1ncn2[C@@H]1O[C@@H]2C(O)[C@]2(O)[C@@H]1F. The summed E-state index contributed by atoms with van der Waals surface area (Å²) in [5.74, 6) is 0.456. The predicted octanol–water partition coefficient (Wildman–Crippen LogP) is 0.643. The molecule has 0 aromatic carbocycles. The van der Waals surface area contributed by atoms with Gasteiger partial charge in [-0.1, -0.05) is 6.92 Å². The van der Waals surface area contributed by atoms with E-state index in [0.717, 1.165) is 6.42 Å². The van der Waals surface area contributed by atoms with E-state index in [4.69, 9.17) is 16.3 Å². The van der Waals surface area contributed by atoms with E-state index in [2.05, 4.69) is 20.3 Å². The first-order valence-electron chi connectivity index (χ1n) is 7.32. The topological polar surface area (TPSA) is 105 Å². The van der Waals surface area contributed by atoms with Crippen molar-refractivity contribution < 1.29 is 19.3 Å². The first-order valence-corrected chi connectivity index (χ1v) is 7.70. The van der Waals surface area contributed by atoms with Crippen molar-refractivity contribution in [1.82, 2.24) is 19.5 Å². The largest absolute Gasteiger partial charge is 0.387 e. The van der Waals surface area contributed by atoms with Crippen LogP contribution in [0.4, 0.5) is 10.2 Å². The normalized spacial score (nSPS) is 35.5. The van der Waals surface area contributed by atoms with E-state index in [1.54, 1.807) is 0 Å². The van der Waals surface area contributed by atoms with Gasteiger partial charge in [0.05, 0.1) is 6.33 Å². The standard InChI is InChI=1S/C13H15ClFN5O3/c1-2-3-16-9-5-10(19-12(14)18-9)20(4-17-5)11-6(15)13(22)7(21)8(13)23-11/h4,6-8,11,21-22H,2-3H2,1H3,(H,16,18,19)/t6-,7?,8-,11-,13-/m1/s1. The average Bonchev–Trinajstić information content (AvgIpc) is 2.84. The van der Waals surface area contributed by atoms with Gasteiger partial charge in [-0.3, -0.25) is 4.57 Å². The van der Waals surface area contributed by atoms with Gasteiger partial charge in [0.1, 0.15) is 12.2 Å². The number of fused-ring (bicyclic) bond motifs is 2. The minimum absolute atomic E-state index is 0.00448. The number of halogens is 2. The van der Waals surface area contributed by atoms with Crippen molar-refractivity contribution in [3.63, 3.8) is 0 Å². The number of aliphatic hydroxyl groups is 2. The maximum Gasteiger partial charge on any atom is 0.226 e. The Morgan fingerprint density at radius 2 is 2.30 bits per heavy atom. The Kier molecular flexibility index (Phi) is 3.24. The van der Waals surface area contributed by atoms with E-state index < -0.39 is 30.2 Å². The number of anilines is 1. The van der Waals surface area contributed by atoms with Gasteiger partial charge in [0, 0.05) is 6.54 Å². The molecule has 0 spiro atoms. The fourth-order valence-electron chi connectivity index (χ4n) is 2.94. The van der Waals surface area contributed by atoms with E-state index in [9.17, 15) is 14.6 Å². The van der Waals surface area contributed by atoms with E-state index in [1.807, 2.05) is 6.92 Å². The Bertz CT molecular complexity index is 773. The molecule has 1 unspecified atom stereocenters. The molecular formula is C13H15ClFN5O3. The number of ether oxygens (including phenoxy) is 1. The number of imidazole rings is 1. The third kappa shape index (κ3) is 1.97. The lowest BCUT2D eigenvalue weighted by Crippen LogP contribution is -2.33. The number of aliphatic hydroxyl groups excluding tert-OH is 1. The van der Waals surface area contributed by atoms with Crippen LogP contribution in [0, 0.1) is 0 Å². The number of nitrogens with one attached hydrogen (secondary N) is 1. The predicted molar refractivity (Wildman–Crippen MR) is 78.9 cm³/mol. The Balaban J connectivity index is 1.73. The number of hydrogen-bond acceptors (Lipinski definition) is 7. The zero-order valence-corrected chi connectivity index (χ0v) is 12.9. The van der Waals surface area contributed by atoms with Crippen LogP contribution in [0.1, 0.15) is 19.6 Å². The van der Waals surface area contributed by atoms with Crippen LogP contribution in [-0.4, -0.2) is 60.3 Å². The highest BCUT2D eigenvalue weighted by Crippen LogP contribution is 2.55. The quantitative estimate of drug-likeness (QED) is 0.700.